The summed E-state index contributed by atoms with van der Waals surface area (Å²) in [7, 11) is 1.78. The molecule has 0 amide bonds. The van der Waals surface area contributed by atoms with Gasteiger partial charge in [0, 0.05) is 12.4 Å². The Morgan fingerprint density at radius 3 is 2.62 bits per heavy atom. The molecule has 3 nitrogen and oxygen atoms in total. The van der Waals surface area contributed by atoms with Gasteiger partial charge in [0.1, 0.15) is 11.5 Å². The second kappa shape index (κ2) is 4.81. The number of rotatable bonds is 2. The van der Waals surface area contributed by atoms with Crippen molar-refractivity contribution in [3.8, 4) is 0 Å². The Morgan fingerprint density at radius 2 is 1.90 bits per heavy atom. The zero-order chi connectivity index (χ0) is 15.1. The van der Waals surface area contributed by atoms with Crippen LogP contribution in [0.15, 0.2) is 36.4 Å². The lowest BCUT2D eigenvalue weighted by Crippen LogP contribution is -2.09. The number of benzene rings is 2. The van der Waals surface area contributed by atoms with E-state index in [9.17, 15) is 9.18 Å². The van der Waals surface area contributed by atoms with Crippen LogP contribution >= 0.6 is 0 Å². The molecule has 4 heteroatoms. The van der Waals surface area contributed by atoms with Gasteiger partial charge < -0.3 is 0 Å². The van der Waals surface area contributed by atoms with Crippen LogP contribution in [0.1, 0.15) is 27.2 Å². The van der Waals surface area contributed by atoms with Crippen molar-refractivity contribution in [2.24, 2.45) is 7.05 Å². The second-order valence-electron chi connectivity index (χ2n) is 5.26. The van der Waals surface area contributed by atoms with Gasteiger partial charge in [-0.15, -0.1) is 0 Å². The van der Waals surface area contributed by atoms with Gasteiger partial charge in [-0.3, -0.25) is 9.48 Å². The number of fused-ring (bicyclic) bond motifs is 1. The van der Waals surface area contributed by atoms with Crippen molar-refractivity contribution in [1.29, 1.82) is 0 Å². The number of nitrogens with zero attached hydrogens (tertiary/aromatic N) is 2. The fraction of sp³-hybridized carbons (Fsp3) is 0.176. The van der Waals surface area contributed by atoms with Crippen LogP contribution in [0, 0.1) is 19.7 Å². The molecule has 0 atom stereocenters. The van der Waals surface area contributed by atoms with Gasteiger partial charge >= 0.3 is 0 Å². The molecular weight excluding hydrogens is 267 g/mol. The first-order chi connectivity index (χ1) is 9.99. The standard InChI is InChI=1S/C17H15FN2O/c1-10-8-11(2)15(13(18)9-10)17(21)16-12-6-4-5-7-14(12)20(3)19-16/h4-9H,1-3H3. The molecule has 1 aromatic heterocycles. The molecule has 0 spiro atoms. The van der Waals surface area contributed by atoms with E-state index >= 15 is 0 Å². The van der Waals surface area contributed by atoms with Gasteiger partial charge in [0.25, 0.3) is 0 Å². The van der Waals surface area contributed by atoms with Gasteiger partial charge in [-0.1, -0.05) is 24.3 Å². The maximum absolute atomic E-state index is 14.2. The lowest BCUT2D eigenvalue weighted by molar-refractivity contribution is 0.103. The van der Waals surface area contributed by atoms with E-state index in [1.165, 1.54) is 6.07 Å². The summed E-state index contributed by atoms with van der Waals surface area (Å²) in [6.07, 6.45) is 0. The van der Waals surface area contributed by atoms with Gasteiger partial charge in [0.05, 0.1) is 11.1 Å². The number of carbonyl (C=O) groups is 1. The highest BCUT2D eigenvalue weighted by atomic mass is 19.1. The van der Waals surface area contributed by atoms with Crippen LogP contribution in [0.5, 0.6) is 0 Å². The van der Waals surface area contributed by atoms with Gasteiger partial charge in [-0.25, -0.2) is 4.39 Å². The third kappa shape index (κ3) is 2.13. The predicted molar refractivity (Wildman–Crippen MR) is 80.0 cm³/mol. The van der Waals surface area contributed by atoms with Crippen LogP contribution < -0.4 is 0 Å². The summed E-state index contributed by atoms with van der Waals surface area (Å²) in [5, 5.41) is 5.01. The minimum Gasteiger partial charge on any atom is -0.287 e. The second-order valence-corrected chi connectivity index (χ2v) is 5.26. The van der Waals surface area contributed by atoms with E-state index in [4.69, 9.17) is 0 Å². The minimum absolute atomic E-state index is 0.101. The summed E-state index contributed by atoms with van der Waals surface area (Å²) in [5.41, 5.74) is 2.68. The number of aromatic nitrogens is 2. The van der Waals surface area contributed by atoms with Crippen LogP contribution in [0.25, 0.3) is 10.9 Å². The van der Waals surface area contributed by atoms with Gasteiger partial charge in [-0.2, -0.15) is 5.10 Å². The molecular formula is C17H15FN2O. The molecule has 21 heavy (non-hydrogen) atoms. The summed E-state index contributed by atoms with van der Waals surface area (Å²) < 4.78 is 15.8. The molecule has 0 N–H and O–H groups in total. The molecule has 0 unspecified atom stereocenters. The first-order valence-electron chi connectivity index (χ1n) is 6.72. The third-order valence-corrected chi connectivity index (χ3v) is 3.63. The first kappa shape index (κ1) is 13.5. The molecule has 3 rings (SSSR count). The van der Waals surface area contributed by atoms with Gasteiger partial charge in [0.2, 0.25) is 5.78 Å². The Morgan fingerprint density at radius 1 is 1.19 bits per heavy atom. The summed E-state index contributed by atoms with van der Waals surface area (Å²) >= 11 is 0. The van der Waals surface area contributed by atoms with Crippen LogP contribution in [0.4, 0.5) is 4.39 Å². The molecule has 0 aliphatic rings. The lowest BCUT2D eigenvalue weighted by Gasteiger charge is -2.06. The van der Waals surface area contributed by atoms with E-state index in [0.717, 1.165) is 16.5 Å². The monoisotopic (exact) mass is 282 g/mol. The Balaban J connectivity index is 2.23. The summed E-state index contributed by atoms with van der Waals surface area (Å²) in [6, 6.07) is 10.6. The van der Waals surface area contributed by atoms with Crippen molar-refractivity contribution in [2.45, 2.75) is 13.8 Å². The lowest BCUT2D eigenvalue weighted by atomic mass is 9.98. The highest BCUT2D eigenvalue weighted by molar-refractivity contribution is 6.15. The maximum Gasteiger partial charge on any atom is 0.217 e. The molecule has 0 fully saturated rings. The summed E-state index contributed by atoms with van der Waals surface area (Å²) in [5.74, 6) is -0.867. The number of hydrogen-bond acceptors (Lipinski definition) is 2. The molecule has 1 heterocycles. The Kier molecular flexibility index (Phi) is 3.09. The normalized spacial score (nSPS) is 11.0. The van der Waals surface area contributed by atoms with Crippen molar-refractivity contribution in [1.82, 2.24) is 9.78 Å². The average molecular weight is 282 g/mol. The fourth-order valence-electron chi connectivity index (χ4n) is 2.70. The number of hydrogen-bond donors (Lipinski definition) is 0. The molecule has 0 bridgehead atoms. The number of halogens is 1. The maximum atomic E-state index is 14.2. The van der Waals surface area contributed by atoms with Gasteiger partial charge in [0.15, 0.2) is 0 Å². The Bertz CT molecular complexity index is 841. The van der Waals surface area contributed by atoms with Crippen molar-refractivity contribution in [2.75, 3.05) is 0 Å². The molecule has 0 aliphatic carbocycles. The largest absolute Gasteiger partial charge is 0.287 e. The van der Waals surface area contributed by atoms with Crippen LogP contribution in [-0.4, -0.2) is 15.6 Å². The van der Waals surface area contributed by atoms with Crippen molar-refractivity contribution >= 4 is 16.7 Å². The number of carbonyl (C=O) groups excluding carboxylic acids is 1. The summed E-state index contributed by atoms with van der Waals surface area (Å²) in [6.45, 7) is 3.55. The Hall–Kier alpha value is -2.49. The molecule has 0 saturated carbocycles. The van der Waals surface area contributed by atoms with E-state index in [-0.39, 0.29) is 11.3 Å². The van der Waals surface area contributed by atoms with Crippen LogP contribution in [-0.2, 0) is 7.05 Å². The van der Waals surface area contributed by atoms with Crippen LogP contribution in [0.2, 0.25) is 0 Å². The van der Waals surface area contributed by atoms with Crippen LogP contribution in [0.3, 0.4) is 0 Å². The topological polar surface area (TPSA) is 34.9 Å². The number of ketones is 1. The Labute approximate surface area is 122 Å². The van der Waals surface area contributed by atoms with E-state index in [1.807, 2.05) is 24.3 Å². The predicted octanol–water partition coefficient (Wildman–Crippen LogP) is 3.56. The van der Waals surface area contributed by atoms with E-state index in [1.54, 1.807) is 31.6 Å². The molecule has 3 aromatic rings. The molecule has 0 aliphatic heterocycles. The molecule has 2 aromatic carbocycles. The SMILES string of the molecule is Cc1cc(C)c(C(=O)c2nn(C)c3ccccc23)c(F)c1. The summed E-state index contributed by atoms with van der Waals surface area (Å²) in [4.78, 5) is 12.7. The highest BCUT2D eigenvalue weighted by Gasteiger charge is 2.22. The quantitative estimate of drug-likeness (QED) is 0.674. The zero-order valence-electron chi connectivity index (χ0n) is 12.1. The molecule has 106 valence electrons. The molecule has 0 saturated heterocycles. The van der Waals surface area contributed by atoms with Crippen molar-refractivity contribution in [3.63, 3.8) is 0 Å². The van der Waals surface area contributed by atoms with Crippen molar-refractivity contribution < 1.29 is 9.18 Å². The van der Waals surface area contributed by atoms with E-state index in [0.29, 0.717) is 11.3 Å². The highest BCUT2D eigenvalue weighted by Crippen LogP contribution is 2.24. The smallest absolute Gasteiger partial charge is 0.217 e. The third-order valence-electron chi connectivity index (χ3n) is 3.63. The minimum atomic E-state index is -0.493. The number of para-hydroxylation sites is 1. The average Bonchev–Trinajstić information content (AvgIpc) is 2.75. The fourth-order valence-corrected chi connectivity index (χ4v) is 2.70. The zero-order valence-corrected chi connectivity index (χ0v) is 12.1. The van der Waals surface area contributed by atoms with E-state index < -0.39 is 5.82 Å². The first-order valence-corrected chi connectivity index (χ1v) is 6.72. The van der Waals surface area contributed by atoms with E-state index in [2.05, 4.69) is 5.10 Å². The van der Waals surface area contributed by atoms with Crippen molar-refractivity contribution in [3.05, 3.63) is 64.6 Å². The van der Waals surface area contributed by atoms with Gasteiger partial charge in [-0.05, 0) is 37.1 Å². The molecule has 0 radical (unpaired) electrons. The number of aryl methyl sites for hydroxylation is 3.